The molecule has 3 heterocycles. The van der Waals surface area contributed by atoms with E-state index >= 15 is 0 Å². The lowest BCUT2D eigenvalue weighted by Gasteiger charge is -2.05. The molecule has 1 N–H and O–H groups in total. The number of hydrogen-bond donors (Lipinski definition) is 1. The Bertz CT molecular complexity index is 990. The molecular formula is C17H13ClN4. The van der Waals surface area contributed by atoms with Gasteiger partial charge in [-0.05, 0) is 36.1 Å². The first-order chi connectivity index (χ1) is 10.7. The molecule has 0 bridgehead atoms. The molecule has 108 valence electrons. The summed E-state index contributed by atoms with van der Waals surface area (Å²) in [4.78, 5) is 8.69. The first kappa shape index (κ1) is 13.2. The fourth-order valence-electron chi connectivity index (χ4n) is 2.73. The van der Waals surface area contributed by atoms with Crippen molar-refractivity contribution in [2.24, 2.45) is 0 Å². The lowest BCUT2D eigenvalue weighted by atomic mass is 10.0. The van der Waals surface area contributed by atoms with E-state index in [-0.39, 0.29) is 0 Å². The molecule has 0 radical (unpaired) electrons. The van der Waals surface area contributed by atoms with E-state index in [1.807, 2.05) is 31.2 Å². The van der Waals surface area contributed by atoms with Gasteiger partial charge in [0, 0.05) is 23.7 Å². The Labute approximate surface area is 132 Å². The van der Waals surface area contributed by atoms with Crippen molar-refractivity contribution in [1.29, 1.82) is 0 Å². The molecule has 4 rings (SSSR count). The summed E-state index contributed by atoms with van der Waals surface area (Å²) in [6.07, 6.45) is 2.54. The molecule has 0 fully saturated rings. The Hall–Kier alpha value is -2.46. The van der Waals surface area contributed by atoms with Crippen LogP contribution in [-0.2, 0) is 6.42 Å². The van der Waals surface area contributed by atoms with Crippen LogP contribution in [0.2, 0.25) is 5.15 Å². The predicted molar refractivity (Wildman–Crippen MR) is 88.2 cm³/mol. The minimum Gasteiger partial charge on any atom is -0.279 e. The van der Waals surface area contributed by atoms with E-state index in [1.165, 1.54) is 5.56 Å². The average Bonchev–Trinajstić information content (AvgIpc) is 2.90. The number of benzene rings is 1. The Morgan fingerprint density at radius 2 is 2.09 bits per heavy atom. The summed E-state index contributed by atoms with van der Waals surface area (Å²) in [5, 5.41) is 10.00. The molecule has 0 saturated heterocycles. The predicted octanol–water partition coefficient (Wildman–Crippen LogP) is 4.06. The van der Waals surface area contributed by atoms with Gasteiger partial charge in [-0.1, -0.05) is 29.8 Å². The van der Waals surface area contributed by atoms with Crippen molar-refractivity contribution < 1.29 is 0 Å². The van der Waals surface area contributed by atoms with Crippen molar-refractivity contribution >= 4 is 33.4 Å². The van der Waals surface area contributed by atoms with E-state index in [0.717, 1.165) is 39.6 Å². The molecule has 0 aliphatic rings. The molecule has 0 spiro atoms. The van der Waals surface area contributed by atoms with Gasteiger partial charge in [-0.15, -0.1) is 0 Å². The molecule has 3 aromatic heterocycles. The van der Waals surface area contributed by atoms with E-state index in [0.29, 0.717) is 5.15 Å². The van der Waals surface area contributed by atoms with Gasteiger partial charge in [0.15, 0.2) is 0 Å². The highest BCUT2D eigenvalue weighted by atomic mass is 35.5. The highest BCUT2D eigenvalue weighted by molar-refractivity contribution is 6.34. The quantitative estimate of drug-likeness (QED) is 0.568. The number of fused-ring (bicyclic) bond motifs is 2. The van der Waals surface area contributed by atoms with E-state index in [2.05, 4.69) is 32.3 Å². The largest absolute Gasteiger partial charge is 0.279 e. The number of rotatable bonds is 2. The topological polar surface area (TPSA) is 54.5 Å². The molecule has 0 aliphatic carbocycles. The van der Waals surface area contributed by atoms with Crippen LogP contribution >= 0.6 is 11.6 Å². The van der Waals surface area contributed by atoms with Crippen LogP contribution in [0.3, 0.4) is 0 Å². The Morgan fingerprint density at radius 3 is 3.00 bits per heavy atom. The maximum Gasteiger partial charge on any atom is 0.137 e. The minimum absolute atomic E-state index is 0.551. The molecule has 22 heavy (non-hydrogen) atoms. The normalized spacial score (nSPS) is 11.4. The zero-order valence-corrected chi connectivity index (χ0v) is 12.7. The van der Waals surface area contributed by atoms with Gasteiger partial charge in [0.2, 0.25) is 0 Å². The monoisotopic (exact) mass is 308 g/mol. The molecule has 0 atom stereocenters. The molecule has 4 aromatic rings. The van der Waals surface area contributed by atoms with Crippen molar-refractivity contribution in [1.82, 2.24) is 20.2 Å². The lowest BCUT2D eigenvalue weighted by Crippen LogP contribution is -1.92. The standard InChI is InChI=1S/C17H13ClN4/c1-10-7-12-8-11(4-5-13(12)17(18)20-10)9-15-16-14(21-22-15)3-2-6-19-16/h2-8H,9H2,1H3,(H,21,22). The van der Waals surface area contributed by atoms with Gasteiger partial charge < -0.3 is 0 Å². The van der Waals surface area contributed by atoms with Crippen LogP contribution in [-0.4, -0.2) is 20.2 Å². The number of hydrogen-bond acceptors (Lipinski definition) is 3. The summed E-state index contributed by atoms with van der Waals surface area (Å²) >= 11 is 6.20. The van der Waals surface area contributed by atoms with E-state index in [9.17, 15) is 0 Å². The van der Waals surface area contributed by atoms with Gasteiger partial charge in [0.05, 0.1) is 5.69 Å². The maximum absolute atomic E-state index is 6.20. The lowest BCUT2D eigenvalue weighted by molar-refractivity contribution is 1.01. The smallest absolute Gasteiger partial charge is 0.137 e. The number of halogens is 1. The molecular weight excluding hydrogens is 296 g/mol. The zero-order valence-electron chi connectivity index (χ0n) is 12.0. The van der Waals surface area contributed by atoms with Crippen LogP contribution in [0, 0.1) is 6.92 Å². The third-order valence-corrected chi connectivity index (χ3v) is 4.03. The van der Waals surface area contributed by atoms with Gasteiger partial charge in [-0.3, -0.25) is 10.1 Å². The number of nitrogens with one attached hydrogen (secondary N) is 1. The highest BCUT2D eigenvalue weighted by Crippen LogP contribution is 2.25. The molecule has 0 amide bonds. The van der Waals surface area contributed by atoms with Crippen LogP contribution in [0.1, 0.15) is 17.0 Å². The molecule has 1 aromatic carbocycles. The fraction of sp³-hybridized carbons (Fsp3) is 0.118. The molecule has 0 aliphatic heterocycles. The number of aryl methyl sites for hydroxylation is 1. The minimum atomic E-state index is 0.551. The number of H-pyrrole nitrogens is 1. The third-order valence-electron chi connectivity index (χ3n) is 3.74. The Kier molecular flexibility index (Phi) is 3.05. The van der Waals surface area contributed by atoms with Crippen molar-refractivity contribution in [3.05, 3.63) is 64.7 Å². The second-order valence-electron chi connectivity index (χ2n) is 5.36. The van der Waals surface area contributed by atoms with Crippen molar-refractivity contribution in [2.45, 2.75) is 13.3 Å². The van der Waals surface area contributed by atoms with Gasteiger partial charge in [-0.25, -0.2) is 4.98 Å². The van der Waals surface area contributed by atoms with Crippen molar-refractivity contribution in [3.63, 3.8) is 0 Å². The Morgan fingerprint density at radius 1 is 1.18 bits per heavy atom. The van der Waals surface area contributed by atoms with Gasteiger partial charge >= 0.3 is 0 Å². The van der Waals surface area contributed by atoms with Crippen LogP contribution in [0.25, 0.3) is 21.8 Å². The summed E-state index contributed by atoms with van der Waals surface area (Å²) in [7, 11) is 0. The summed E-state index contributed by atoms with van der Waals surface area (Å²) < 4.78 is 0. The zero-order chi connectivity index (χ0) is 15.1. The third kappa shape index (κ3) is 2.22. The number of nitrogens with zero attached hydrogens (tertiary/aromatic N) is 3. The molecule has 4 nitrogen and oxygen atoms in total. The Balaban J connectivity index is 1.78. The second-order valence-corrected chi connectivity index (χ2v) is 5.72. The van der Waals surface area contributed by atoms with E-state index < -0.39 is 0 Å². The maximum atomic E-state index is 6.20. The molecule has 0 unspecified atom stereocenters. The van der Waals surface area contributed by atoms with Crippen LogP contribution in [0.15, 0.2) is 42.6 Å². The van der Waals surface area contributed by atoms with Crippen molar-refractivity contribution in [3.8, 4) is 0 Å². The van der Waals surface area contributed by atoms with Crippen molar-refractivity contribution in [2.75, 3.05) is 0 Å². The molecule has 5 heteroatoms. The highest BCUT2D eigenvalue weighted by Gasteiger charge is 2.08. The number of aromatic nitrogens is 4. The van der Waals surface area contributed by atoms with Crippen LogP contribution in [0.5, 0.6) is 0 Å². The average molecular weight is 309 g/mol. The van der Waals surface area contributed by atoms with Crippen LogP contribution in [0.4, 0.5) is 0 Å². The summed E-state index contributed by atoms with van der Waals surface area (Å²) in [6.45, 7) is 1.95. The van der Waals surface area contributed by atoms with Gasteiger partial charge in [-0.2, -0.15) is 5.10 Å². The first-order valence-electron chi connectivity index (χ1n) is 7.04. The molecule has 0 saturated carbocycles. The van der Waals surface area contributed by atoms with Gasteiger partial charge in [0.1, 0.15) is 16.2 Å². The number of aromatic amines is 1. The number of pyridine rings is 2. The summed E-state index contributed by atoms with van der Waals surface area (Å²) in [6, 6.07) is 12.1. The fourth-order valence-corrected chi connectivity index (χ4v) is 3.03. The van der Waals surface area contributed by atoms with Gasteiger partial charge in [0.25, 0.3) is 0 Å². The summed E-state index contributed by atoms with van der Waals surface area (Å²) in [5.74, 6) is 0. The van der Waals surface area contributed by atoms with E-state index in [4.69, 9.17) is 11.6 Å². The SMILES string of the molecule is Cc1cc2cc(Cc3[nH]nc4cccnc34)ccc2c(Cl)n1. The summed E-state index contributed by atoms with van der Waals surface area (Å²) in [5.41, 5.74) is 4.94. The first-order valence-corrected chi connectivity index (χ1v) is 7.42. The van der Waals surface area contributed by atoms with Crippen LogP contribution < -0.4 is 0 Å². The second kappa shape index (κ2) is 5.07. The van der Waals surface area contributed by atoms with E-state index in [1.54, 1.807) is 6.20 Å².